The van der Waals surface area contributed by atoms with Crippen LogP contribution in [0.3, 0.4) is 0 Å². The smallest absolute Gasteiger partial charge is 0.140 e. The predicted molar refractivity (Wildman–Crippen MR) is 183 cm³/mol. The Labute approximate surface area is 279 Å². The quantitative estimate of drug-likeness (QED) is 0.185. The van der Waals surface area contributed by atoms with Crippen LogP contribution in [0.4, 0.5) is 0 Å². The Balaban J connectivity index is 1.21. The van der Waals surface area contributed by atoms with Crippen molar-refractivity contribution in [2.75, 3.05) is 0 Å². The van der Waals surface area contributed by atoms with Gasteiger partial charge < -0.3 is 5.73 Å². The van der Waals surface area contributed by atoms with Crippen LogP contribution in [0, 0.1) is 0 Å². The molecule has 4 atom stereocenters. The van der Waals surface area contributed by atoms with E-state index in [1.165, 1.54) is 22.3 Å². The topological polar surface area (TPSA) is 120 Å². The van der Waals surface area contributed by atoms with E-state index in [1.807, 2.05) is 81.2 Å². The zero-order valence-corrected chi connectivity index (χ0v) is 26.9. The molecule has 0 bridgehead atoms. The van der Waals surface area contributed by atoms with Gasteiger partial charge in [0.2, 0.25) is 0 Å². The average Bonchev–Trinajstić information content (AvgIpc) is 3.93. The molecule has 240 valence electrons. The van der Waals surface area contributed by atoms with Crippen molar-refractivity contribution in [2.45, 2.75) is 50.4 Å². The third-order valence-electron chi connectivity index (χ3n) is 8.87. The van der Waals surface area contributed by atoms with Crippen LogP contribution in [-0.4, -0.2) is 45.0 Å². The Morgan fingerprint density at radius 1 is 0.479 bits per heavy atom. The van der Waals surface area contributed by atoms with Crippen molar-refractivity contribution in [1.82, 2.24) is 45.0 Å². The van der Waals surface area contributed by atoms with Crippen LogP contribution in [0.5, 0.6) is 0 Å². The highest BCUT2D eigenvalue weighted by atomic mass is 15.5. The van der Waals surface area contributed by atoms with Gasteiger partial charge in [-0.3, -0.25) is 0 Å². The van der Waals surface area contributed by atoms with Gasteiger partial charge >= 0.3 is 0 Å². The summed E-state index contributed by atoms with van der Waals surface area (Å²) in [7, 11) is 0. The molecule has 0 radical (unpaired) electrons. The summed E-state index contributed by atoms with van der Waals surface area (Å²) in [5.41, 5.74) is 11.6. The van der Waals surface area contributed by atoms with Gasteiger partial charge in [0.05, 0.1) is 24.6 Å². The van der Waals surface area contributed by atoms with Gasteiger partial charge in [-0.25, -0.2) is 14.0 Å². The normalized spacial score (nSPS) is 14.0. The SMILES string of the molecule is C[C@H](c1ccccc1)n1cc([C@H](Cc2ccccc2)n2cc([C@H](Cc3ccccc3)n3cc([C@@H]([NH3+])Cc4ccccc4)nn3)nn2)nn1. The molecule has 10 nitrogen and oxygen atoms in total. The lowest BCUT2D eigenvalue weighted by Crippen LogP contribution is -2.54. The summed E-state index contributed by atoms with van der Waals surface area (Å²) >= 11 is 0. The molecule has 10 heteroatoms. The molecule has 0 aliphatic rings. The largest absolute Gasteiger partial charge is 0.350 e. The third-order valence-corrected chi connectivity index (χ3v) is 8.87. The van der Waals surface area contributed by atoms with Crippen LogP contribution < -0.4 is 5.73 Å². The maximum atomic E-state index is 4.74. The molecule has 0 amide bonds. The number of benzene rings is 4. The molecule has 0 aliphatic heterocycles. The molecule has 4 aromatic carbocycles. The van der Waals surface area contributed by atoms with Gasteiger partial charge in [0, 0.05) is 19.3 Å². The third kappa shape index (κ3) is 7.13. The number of nitrogens with zero attached hydrogens (tertiary/aromatic N) is 9. The van der Waals surface area contributed by atoms with Gasteiger partial charge in [0.15, 0.2) is 0 Å². The van der Waals surface area contributed by atoms with Crippen molar-refractivity contribution >= 4 is 0 Å². The zero-order valence-electron chi connectivity index (χ0n) is 26.9. The molecular formula is C38H39N10+. The van der Waals surface area contributed by atoms with E-state index in [9.17, 15) is 0 Å². The van der Waals surface area contributed by atoms with Gasteiger partial charge in [-0.2, -0.15) is 0 Å². The minimum Gasteiger partial charge on any atom is -0.350 e. The van der Waals surface area contributed by atoms with E-state index in [-0.39, 0.29) is 24.2 Å². The average molecular weight is 636 g/mol. The Bertz CT molecular complexity index is 2000. The van der Waals surface area contributed by atoms with Gasteiger partial charge in [0.25, 0.3) is 0 Å². The summed E-state index contributed by atoms with van der Waals surface area (Å²) < 4.78 is 5.74. The predicted octanol–water partition coefficient (Wildman–Crippen LogP) is 5.26. The Hall–Kier alpha value is -5.74. The minimum atomic E-state index is -0.225. The molecule has 7 rings (SSSR count). The van der Waals surface area contributed by atoms with Crippen LogP contribution in [0.1, 0.15) is 70.4 Å². The molecule has 0 spiro atoms. The molecule has 0 saturated carbocycles. The Kier molecular flexibility index (Phi) is 9.24. The molecule has 0 saturated heterocycles. The Morgan fingerprint density at radius 3 is 1.35 bits per heavy atom. The van der Waals surface area contributed by atoms with Crippen molar-refractivity contribution < 1.29 is 5.73 Å². The Morgan fingerprint density at radius 2 is 0.854 bits per heavy atom. The fourth-order valence-electron chi connectivity index (χ4n) is 6.09. The summed E-state index contributed by atoms with van der Waals surface area (Å²) in [4.78, 5) is 0. The molecule has 0 unspecified atom stereocenters. The van der Waals surface area contributed by atoms with E-state index < -0.39 is 0 Å². The molecule has 3 aromatic heterocycles. The lowest BCUT2D eigenvalue weighted by atomic mass is 10.0. The molecule has 7 aromatic rings. The van der Waals surface area contributed by atoms with Gasteiger partial charge in [0.1, 0.15) is 35.2 Å². The van der Waals surface area contributed by atoms with Crippen LogP contribution in [-0.2, 0) is 19.3 Å². The molecule has 0 aliphatic carbocycles. The van der Waals surface area contributed by atoms with Crippen LogP contribution in [0.2, 0.25) is 0 Å². The highest BCUT2D eigenvalue weighted by Gasteiger charge is 2.26. The van der Waals surface area contributed by atoms with E-state index in [4.69, 9.17) is 10.3 Å². The first kappa shape index (κ1) is 30.9. The molecule has 3 N–H and O–H groups in total. The number of hydrogen-bond acceptors (Lipinski definition) is 6. The summed E-state index contributed by atoms with van der Waals surface area (Å²) in [5, 5.41) is 27.8. The standard InChI is InChI=1S/C38H38N10/c1-28(32-20-12-5-13-21-32)46-26-35(41-43-46)37(23-30-16-8-3-9-17-30)48-27-36(42-45-48)38(24-31-18-10-4-11-19-31)47-25-34(40-44-47)33(39)22-29-14-6-2-7-15-29/h2-21,25-28,33,37-38H,22-24,39H2,1H3/p+1/t28-,33+,37+,38+/m1/s1. The maximum Gasteiger partial charge on any atom is 0.140 e. The first-order valence-electron chi connectivity index (χ1n) is 16.4. The summed E-state index contributed by atoms with van der Waals surface area (Å²) in [6, 6.07) is 41.0. The van der Waals surface area contributed by atoms with Crippen molar-refractivity contribution in [3.63, 3.8) is 0 Å². The van der Waals surface area contributed by atoms with Crippen molar-refractivity contribution in [3.05, 3.63) is 179 Å². The van der Waals surface area contributed by atoms with Crippen LogP contribution in [0.15, 0.2) is 140 Å². The van der Waals surface area contributed by atoms with E-state index in [0.29, 0.717) is 12.8 Å². The number of hydrogen-bond donors (Lipinski definition) is 1. The maximum absolute atomic E-state index is 4.74. The van der Waals surface area contributed by atoms with Crippen molar-refractivity contribution in [3.8, 4) is 0 Å². The second kappa shape index (κ2) is 14.4. The minimum absolute atomic E-state index is 0.0340. The number of rotatable bonds is 13. The highest BCUT2D eigenvalue weighted by molar-refractivity contribution is 5.23. The summed E-state index contributed by atoms with van der Waals surface area (Å²) in [5.74, 6) is 0. The van der Waals surface area contributed by atoms with Crippen molar-refractivity contribution in [2.24, 2.45) is 0 Å². The van der Waals surface area contributed by atoms with Gasteiger partial charge in [-0.05, 0) is 29.2 Å². The van der Waals surface area contributed by atoms with E-state index >= 15 is 0 Å². The van der Waals surface area contributed by atoms with Crippen molar-refractivity contribution in [1.29, 1.82) is 0 Å². The van der Waals surface area contributed by atoms with E-state index in [1.54, 1.807) is 0 Å². The first-order valence-corrected chi connectivity index (χ1v) is 16.4. The number of quaternary nitrogens is 1. The van der Waals surface area contributed by atoms with Gasteiger partial charge in [-0.1, -0.05) is 137 Å². The number of aromatic nitrogens is 9. The molecule has 48 heavy (non-hydrogen) atoms. The summed E-state index contributed by atoms with van der Waals surface area (Å²) in [6.07, 6.45) is 8.19. The fraction of sp³-hybridized carbons (Fsp3) is 0.211. The van der Waals surface area contributed by atoms with Crippen LogP contribution in [0.25, 0.3) is 0 Å². The van der Waals surface area contributed by atoms with Crippen LogP contribution >= 0.6 is 0 Å². The lowest BCUT2D eigenvalue weighted by Gasteiger charge is -2.16. The van der Waals surface area contributed by atoms with E-state index in [2.05, 4.69) is 106 Å². The second-order valence-electron chi connectivity index (χ2n) is 12.3. The highest BCUT2D eigenvalue weighted by Crippen LogP contribution is 2.27. The fourth-order valence-corrected chi connectivity index (χ4v) is 6.09. The molecular weight excluding hydrogens is 596 g/mol. The molecule has 0 fully saturated rings. The summed E-state index contributed by atoms with van der Waals surface area (Å²) in [6.45, 7) is 2.13. The first-order chi connectivity index (χ1) is 23.6. The van der Waals surface area contributed by atoms with Gasteiger partial charge in [-0.15, -0.1) is 15.3 Å². The zero-order chi connectivity index (χ0) is 32.7. The lowest BCUT2D eigenvalue weighted by molar-refractivity contribution is -0.427. The van der Waals surface area contributed by atoms with E-state index in [0.717, 1.165) is 23.5 Å². The second-order valence-corrected chi connectivity index (χ2v) is 12.3. The monoisotopic (exact) mass is 635 g/mol. The molecule has 3 heterocycles.